The first-order valence-corrected chi connectivity index (χ1v) is 6.66. The zero-order chi connectivity index (χ0) is 15.2. The summed E-state index contributed by atoms with van der Waals surface area (Å²) >= 11 is 0. The summed E-state index contributed by atoms with van der Waals surface area (Å²) in [5, 5.41) is 5.99. The van der Waals surface area contributed by atoms with Crippen LogP contribution in [0.5, 0.6) is 0 Å². The van der Waals surface area contributed by atoms with Crippen molar-refractivity contribution in [1.82, 2.24) is 10.6 Å². The molecule has 2 N–H and O–H groups in total. The molecule has 0 aromatic heterocycles. The van der Waals surface area contributed by atoms with Crippen LogP contribution < -0.4 is 10.6 Å². The van der Waals surface area contributed by atoms with Crippen LogP contribution in [0.1, 0.15) is 44.7 Å². The van der Waals surface area contributed by atoms with E-state index in [2.05, 4.69) is 10.6 Å². The van der Waals surface area contributed by atoms with E-state index in [-0.39, 0.29) is 17.0 Å². The minimum Gasteiger partial charge on any atom is -0.351 e. The van der Waals surface area contributed by atoms with Crippen molar-refractivity contribution in [3.8, 4) is 0 Å². The lowest BCUT2D eigenvalue weighted by Crippen LogP contribution is -2.41. The van der Waals surface area contributed by atoms with Crippen LogP contribution in [0.15, 0.2) is 24.3 Å². The molecule has 0 bridgehead atoms. The molecule has 0 aliphatic rings. The summed E-state index contributed by atoms with van der Waals surface area (Å²) < 4.78 is 24.7. The summed E-state index contributed by atoms with van der Waals surface area (Å²) in [5.74, 6) is -0.00181. The van der Waals surface area contributed by atoms with E-state index in [1.807, 2.05) is 20.8 Å². The van der Waals surface area contributed by atoms with Crippen LogP contribution >= 0.6 is 0 Å². The lowest BCUT2D eigenvalue weighted by Gasteiger charge is -2.20. The highest BCUT2D eigenvalue weighted by molar-refractivity contribution is 5.76. The number of rotatable bonds is 6. The Morgan fingerprint density at radius 2 is 1.80 bits per heavy atom. The molecule has 0 saturated heterocycles. The molecule has 0 aliphatic heterocycles. The van der Waals surface area contributed by atoms with Gasteiger partial charge in [-0.2, -0.15) is 0 Å². The van der Waals surface area contributed by atoms with Gasteiger partial charge in [-0.1, -0.05) is 24.3 Å². The Balaban J connectivity index is 2.26. The second-order valence-electron chi connectivity index (χ2n) is 5.77. The molecule has 0 radical (unpaired) electrons. The number of hydrogen-bond donors (Lipinski definition) is 2. The number of nitrogens with one attached hydrogen (secondary N) is 2. The predicted octanol–water partition coefficient (Wildman–Crippen LogP) is 3.02. The molecule has 0 fully saturated rings. The lowest BCUT2D eigenvalue weighted by atomic mass is 10.1. The van der Waals surface area contributed by atoms with Gasteiger partial charge in [0.05, 0.1) is 0 Å². The Labute approximate surface area is 118 Å². The molecule has 0 saturated carbocycles. The number of amides is 1. The summed E-state index contributed by atoms with van der Waals surface area (Å²) in [6, 6.07) is 6.19. The first-order valence-electron chi connectivity index (χ1n) is 6.66. The average molecular weight is 284 g/mol. The Morgan fingerprint density at radius 1 is 1.20 bits per heavy atom. The molecule has 0 heterocycles. The molecule has 1 amide bonds. The third-order valence-corrected chi connectivity index (χ3v) is 2.60. The van der Waals surface area contributed by atoms with Gasteiger partial charge in [0.15, 0.2) is 0 Å². The number of alkyl halides is 2. The smallest absolute Gasteiger partial charge is 0.263 e. The predicted molar refractivity (Wildman–Crippen MR) is 75.6 cm³/mol. The van der Waals surface area contributed by atoms with Crippen LogP contribution in [0, 0.1) is 0 Å². The van der Waals surface area contributed by atoms with Crippen LogP contribution in [-0.2, 0) is 11.3 Å². The molecule has 3 nitrogen and oxygen atoms in total. The molecule has 1 aromatic carbocycles. The van der Waals surface area contributed by atoms with Crippen LogP contribution in [0.2, 0.25) is 0 Å². The van der Waals surface area contributed by atoms with Crippen molar-refractivity contribution in [3.63, 3.8) is 0 Å². The first kappa shape index (κ1) is 16.6. The third kappa shape index (κ3) is 6.61. The molecular formula is C15H22F2N2O. The largest absolute Gasteiger partial charge is 0.351 e. The fourth-order valence-electron chi connectivity index (χ4n) is 1.70. The molecule has 5 heteroatoms. The Bertz CT molecular complexity index is 424. The lowest BCUT2D eigenvalue weighted by molar-refractivity contribution is -0.122. The number of hydrogen-bond acceptors (Lipinski definition) is 2. The molecule has 112 valence electrons. The van der Waals surface area contributed by atoms with Gasteiger partial charge in [-0.05, 0) is 26.3 Å². The molecule has 0 unspecified atom stereocenters. The van der Waals surface area contributed by atoms with Gasteiger partial charge >= 0.3 is 0 Å². The van der Waals surface area contributed by atoms with Crippen molar-refractivity contribution in [2.75, 3.05) is 6.54 Å². The number of benzene rings is 1. The van der Waals surface area contributed by atoms with Crippen molar-refractivity contribution in [3.05, 3.63) is 35.4 Å². The average Bonchev–Trinajstić information content (AvgIpc) is 2.33. The summed E-state index contributed by atoms with van der Waals surface area (Å²) in [5.41, 5.74) is 0.728. The molecule has 20 heavy (non-hydrogen) atoms. The first-order chi connectivity index (χ1) is 9.28. The van der Waals surface area contributed by atoms with E-state index in [1.54, 1.807) is 12.1 Å². The maximum atomic E-state index is 12.4. The Hall–Kier alpha value is -1.49. The highest BCUT2D eigenvalue weighted by Crippen LogP contribution is 2.18. The maximum absolute atomic E-state index is 12.4. The van der Waals surface area contributed by atoms with Crippen LogP contribution in [0.3, 0.4) is 0 Å². The van der Waals surface area contributed by atoms with Crippen LogP contribution in [0.25, 0.3) is 0 Å². The fourth-order valence-corrected chi connectivity index (χ4v) is 1.70. The van der Waals surface area contributed by atoms with Gasteiger partial charge in [-0.25, -0.2) is 8.78 Å². The molecule has 0 spiro atoms. The van der Waals surface area contributed by atoms with E-state index < -0.39 is 6.43 Å². The minimum atomic E-state index is -2.43. The Morgan fingerprint density at radius 3 is 2.30 bits per heavy atom. The highest BCUT2D eigenvalue weighted by Gasteiger charge is 2.12. The van der Waals surface area contributed by atoms with Crippen molar-refractivity contribution >= 4 is 5.91 Å². The molecule has 1 aromatic rings. The van der Waals surface area contributed by atoms with Crippen molar-refractivity contribution < 1.29 is 13.6 Å². The molecular weight excluding hydrogens is 262 g/mol. The zero-order valence-electron chi connectivity index (χ0n) is 12.2. The minimum absolute atomic E-state index is 0.00181. The van der Waals surface area contributed by atoms with Crippen molar-refractivity contribution in [1.29, 1.82) is 0 Å². The standard InChI is InChI=1S/C15H22F2N2O/c1-15(2,3)19-13(20)8-9-18-10-11-4-6-12(7-5-11)14(16)17/h4-7,14,18H,8-10H2,1-3H3,(H,19,20). The van der Waals surface area contributed by atoms with Gasteiger partial charge in [-0.15, -0.1) is 0 Å². The summed E-state index contributed by atoms with van der Waals surface area (Å²) in [6.45, 7) is 6.92. The Kier molecular flexibility index (Phi) is 6.07. The summed E-state index contributed by atoms with van der Waals surface area (Å²) in [6.07, 6.45) is -2.04. The maximum Gasteiger partial charge on any atom is 0.263 e. The van der Waals surface area contributed by atoms with Gasteiger partial charge in [0.2, 0.25) is 5.91 Å². The van der Waals surface area contributed by atoms with Crippen LogP contribution in [0.4, 0.5) is 8.78 Å². The fraction of sp³-hybridized carbons (Fsp3) is 0.533. The van der Waals surface area contributed by atoms with Crippen LogP contribution in [-0.4, -0.2) is 18.0 Å². The monoisotopic (exact) mass is 284 g/mol. The number of carbonyl (C=O) groups excluding carboxylic acids is 1. The molecule has 0 atom stereocenters. The van der Waals surface area contributed by atoms with Crippen molar-refractivity contribution in [2.45, 2.75) is 45.7 Å². The SMILES string of the molecule is CC(C)(C)NC(=O)CCNCc1ccc(C(F)F)cc1. The van der Waals surface area contributed by atoms with Crippen molar-refractivity contribution in [2.24, 2.45) is 0 Å². The van der Waals surface area contributed by atoms with E-state index in [1.165, 1.54) is 12.1 Å². The van der Waals surface area contributed by atoms with E-state index in [0.717, 1.165) is 5.56 Å². The van der Waals surface area contributed by atoms with Gasteiger partial charge in [0.1, 0.15) is 0 Å². The van der Waals surface area contributed by atoms with E-state index in [4.69, 9.17) is 0 Å². The zero-order valence-corrected chi connectivity index (χ0v) is 12.2. The summed E-state index contributed by atoms with van der Waals surface area (Å²) in [7, 11) is 0. The summed E-state index contributed by atoms with van der Waals surface area (Å²) in [4.78, 5) is 11.6. The quantitative estimate of drug-likeness (QED) is 0.788. The normalized spacial score (nSPS) is 11.7. The van der Waals surface area contributed by atoms with E-state index >= 15 is 0 Å². The highest BCUT2D eigenvalue weighted by atomic mass is 19.3. The van der Waals surface area contributed by atoms with E-state index in [0.29, 0.717) is 19.5 Å². The van der Waals surface area contributed by atoms with Gasteiger partial charge in [-0.3, -0.25) is 4.79 Å². The van der Waals surface area contributed by atoms with Gasteiger partial charge < -0.3 is 10.6 Å². The van der Waals surface area contributed by atoms with Gasteiger partial charge in [0.25, 0.3) is 6.43 Å². The third-order valence-electron chi connectivity index (χ3n) is 2.60. The van der Waals surface area contributed by atoms with Gasteiger partial charge in [0, 0.05) is 30.6 Å². The number of carbonyl (C=O) groups is 1. The topological polar surface area (TPSA) is 41.1 Å². The second-order valence-corrected chi connectivity index (χ2v) is 5.77. The van der Waals surface area contributed by atoms with E-state index in [9.17, 15) is 13.6 Å². The second kappa shape index (κ2) is 7.33. The number of halogens is 2. The molecule has 0 aliphatic carbocycles. The molecule has 1 rings (SSSR count).